The van der Waals surface area contributed by atoms with E-state index in [2.05, 4.69) is 10.5 Å². The topological polar surface area (TPSA) is 50.7 Å². The maximum absolute atomic E-state index is 12.7. The number of ether oxygens (including phenoxy) is 1. The number of amides is 1. The van der Waals surface area contributed by atoms with Gasteiger partial charge in [-0.25, -0.2) is 5.43 Å². The van der Waals surface area contributed by atoms with Crippen molar-refractivity contribution in [3.05, 3.63) is 64.2 Å². The second kappa shape index (κ2) is 9.41. The van der Waals surface area contributed by atoms with Crippen molar-refractivity contribution in [3.8, 4) is 5.75 Å². The first kappa shape index (κ1) is 20.8. The maximum Gasteiger partial charge on any atom is 0.416 e. The lowest BCUT2D eigenvalue weighted by Crippen LogP contribution is -2.18. The van der Waals surface area contributed by atoms with Crippen molar-refractivity contribution in [1.82, 2.24) is 5.43 Å². The van der Waals surface area contributed by atoms with E-state index >= 15 is 0 Å². The summed E-state index contributed by atoms with van der Waals surface area (Å²) in [6.45, 7) is 2.56. The predicted octanol–water partition coefficient (Wildman–Crippen LogP) is 5.30. The van der Waals surface area contributed by atoms with E-state index in [-0.39, 0.29) is 5.56 Å². The van der Waals surface area contributed by atoms with Gasteiger partial charge < -0.3 is 4.74 Å². The summed E-state index contributed by atoms with van der Waals surface area (Å²) in [6, 6.07) is 9.07. The van der Waals surface area contributed by atoms with Gasteiger partial charge in [0.25, 0.3) is 5.91 Å². The van der Waals surface area contributed by atoms with Crippen molar-refractivity contribution in [1.29, 1.82) is 0 Å². The smallest absolute Gasteiger partial charge is 0.416 e. The average molecular weight is 399 g/mol. The number of carbonyl (C=O) groups is 1. The van der Waals surface area contributed by atoms with Gasteiger partial charge in [-0.3, -0.25) is 4.79 Å². The quantitative estimate of drug-likeness (QED) is 0.391. The highest BCUT2D eigenvalue weighted by atomic mass is 35.5. The van der Waals surface area contributed by atoms with E-state index in [1.165, 1.54) is 12.3 Å². The van der Waals surface area contributed by atoms with Crippen LogP contribution in [0.25, 0.3) is 0 Å². The molecule has 27 heavy (non-hydrogen) atoms. The normalized spacial score (nSPS) is 11.6. The fourth-order valence-electron chi connectivity index (χ4n) is 2.14. The van der Waals surface area contributed by atoms with E-state index < -0.39 is 17.6 Å². The summed E-state index contributed by atoms with van der Waals surface area (Å²) in [5.74, 6) is -0.210. The summed E-state index contributed by atoms with van der Waals surface area (Å²) in [4.78, 5) is 12.0. The Balaban J connectivity index is 2.09. The first-order valence-electron chi connectivity index (χ1n) is 8.24. The zero-order valence-corrected chi connectivity index (χ0v) is 15.3. The third-order valence-electron chi connectivity index (χ3n) is 3.55. The molecule has 144 valence electrons. The van der Waals surface area contributed by atoms with Crippen LogP contribution < -0.4 is 10.2 Å². The molecule has 0 spiro atoms. The summed E-state index contributed by atoms with van der Waals surface area (Å²) in [5, 5.41) is 4.26. The highest BCUT2D eigenvalue weighted by molar-refractivity contribution is 6.30. The van der Waals surface area contributed by atoms with Crippen LogP contribution in [0.2, 0.25) is 5.02 Å². The molecule has 0 radical (unpaired) electrons. The van der Waals surface area contributed by atoms with Gasteiger partial charge in [-0.2, -0.15) is 18.3 Å². The Hall–Kier alpha value is -2.54. The molecule has 2 rings (SSSR count). The van der Waals surface area contributed by atoms with Crippen molar-refractivity contribution in [2.24, 2.45) is 5.10 Å². The van der Waals surface area contributed by atoms with Crippen molar-refractivity contribution in [2.45, 2.75) is 25.9 Å². The summed E-state index contributed by atoms with van der Waals surface area (Å²) in [6.07, 6.45) is -1.33. The summed E-state index contributed by atoms with van der Waals surface area (Å²) >= 11 is 5.96. The van der Waals surface area contributed by atoms with Crippen LogP contribution in [0, 0.1) is 0 Å². The summed E-state index contributed by atoms with van der Waals surface area (Å²) < 4.78 is 43.8. The Morgan fingerprint density at radius 1 is 1.26 bits per heavy atom. The Morgan fingerprint density at radius 3 is 2.74 bits per heavy atom. The molecule has 0 atom stereocenters. The molecule has 4 nitrogen and oxygen atoms in total. The predicted molar refractivity (Wildman–Crippen MR) is 98.4 cm³/mol. The Kier molecular flexibility index (Phi) is 7.24. The van der Waals surface area contributed by atoms with Crippen LogP contribution in [0.1, 0.15) is 41.3 Å². The van der Waals surface area contributed by atoms with Crippen molar-refractivity contribution < 1.29 is 22.7 Å². The number of hydrazone groups is 1. The lowest BCUT2D eigenvalue weighted by Gasteiger charge is -2.09. The summed E-state index contributed by atoms with van der Waals surface area (Å²) in [5.41, 5.74) is 1.70. The van der Waals surface area contributed by atoms with Crippen molar-refractivity contribution >= 4 is 23.7 Å². The third-order valence-corrected chi connectivity index (χ3v) is 3.78. The number of nitrogens with one attached hydrogen (secondary N) is 1. The van der Waals surface area contributed by atoms with E-state index in [0.29, 0.717) is 22.9 Å². The van der Waals surface area contributed by atoms with Gasteiger partial charge in [-0.15, -0.1) is 0 Å². The van der Waals surface area contributed by atoms with Crippen LogP contribution in [-0.4, -0.2) is 18.7 Å². The average Bonchev–Trinajstić information content (AvgIpc) is 2.63. The molecule has 0 aromatic heterocycles. The van der Waals surface area contributed by atoms with Crippen LogP contribution >= 0.6 is 11.6 Å². The molecule has 0 heterocycles. The van der Waals surface area contributed by atoms with E-state index in [1.807, 2.05) is 6.92 Å². The summed E-state index contributed by atoms with van der Waals surface area (Å²) in [7, 11) is 0. The number of carbonyl (C=O) groups excluding carboxylic acids is 1. The van der Waals surface area contributed by atoms with Gasteiger partial charge in [0.1, 0.15) is 5.75 Å². The lowest BCUT2D eigenvalue weighted by molar-refractivity contribution is -0.137. The number of hydrogen-bond acceptors (Lipinski definition) is 3. The number of unbranched alkanes of at least 4 members (excludes halogenated alkanes) is 1. The van der Waals surface area contributed by atoms with Gasteiger partial charge in [0, 0.05) is 16.1 Å². The van der Waals surface area contributed by atoms with Crippen LogP contribution in [-0.2, 0) is 6.18 Å². The fourth-order valence-corrected chi connectivity index (χ4v) is 2.32. The van der Waals surface area contributed by atoms with Crippen molar-refractivity contribution in [3.63, 3.8) is 0 Å². The highest BCUT2D eigenvalue weighted by Crippen LogP contribution is 2.29. The maximum atomic E-state index is 12.7. The van der Waals surface area contributed by atoms with E-state index in [9.17, 15) is 18.0 Å². The standard InChI is InChI=1S/C19H18ClF3N2O2/c1-2-3-9-27-17-8-7-16(20)11-14(17)12-24-25-18(26)13-5-4-6-15(10-13)19(21,22)23/h4-8,10-12H,2-3,9H2,1H3,(H,25,26)/b24-12+. The monoisotopic (exact) mass is 398 g/mol. The van der Waals surface area contributed by atoms with Gasteiger partial charge >= 0.3 is 6.18 Å². The molecule has 1 amide bonds. The van der Waals surface area contributed by atoms with E-state index in [0.717, 1.165) is 31.0 Å². The molecule has 0 aliphatic heterocycles. The highest BCUT2D eigenvalue weighted by Gasteiger charge is 2.30. The van der Waals surface area contributed by atoms with Gasteiger partial charge in [0.05, 0.1) is 18.4 Å². The molecule has 0 unspecified atom stereocenters. The number of hydrogen-bond donors (Lipinski definition) is 1. The molecule has 0 fully saturated rings. The largest absolute Gasteiger partial charge is 0.493 e. The molecule has 0 aliphatic rings. The van der Waals surface area contributed by atoms with Crippen LogP contribution in [0.4, 0.5) is 13.2 Å². The van der Waals surface area contributed by atoms with Crippen LogP contribution in [0.15, 0.2) is 47.6 Å². The van der Waals surface area contributed by atoms with Gasteiger partial charge in [-0.05, 0) is 42.8 Å². The van der Waals surface area contributed by atoms with Crippen LogP contribution in [0.5, 0.6) is 5.75 Å². The molecule has 1 N–H and O–H groups in total. The van der Waals surface area contributed by atoms with E-state index in [4.69, 9.17) is 16.3 Å². The first-order valence-corrected chi connectivity index (χ1v) is 8.62. The molecule has 8 heteroatoms. The molecule has 0 saturated heterocycles. The minimum absolute atomic E-state index is 0.146. The molecule has 0 saturated carbocycles. The number of alkyl halides is 3. The second-order valence-electron chi connectivity index (χ2n) is 5.66. The molecule has 2 aromatic carbocycles. The van der Waals surface area contributed by atoms with Crippen molar-refractivity contribution in [2.75, 3.05) is 6.61 Å². The Labute approximate surface area is 160 Å². The number of halogens is 4. The Bertz CT molecular complexity index is 823. The fraction of sp³-hybridized carbons (Fsp3) is 0.263. The molecule has 2 aromatic rings. The van der Waals surface area contributed by atoms with E-state index in [1.54, 1.807) is 18.2 Å². The SMILES string of the molecule is CCCCOc1ccc(Cl)cc1/C=N/NC(=O)c1cccc(C(F)(F)F)c1. The third kappa shape index (κ3) is 6.29. The first-order chi connectivity index (χ1) is 12.8. The molecular formula is C19H18ClF3N2O2. The van der Waals surface area contributed by atoms with Gasteiger partial charge in [0.2, 0.25) is 0 Å². The molecule has 0 aliphatic carbocycles. The minimum Gasteiger partial charge on any atom is -0.493 e. The molecular weight excluding hydrogens is 381 g/mol. The van der Waals surface area contributed by atoms with Crippen LogP contribution in [0.3, 0.4) is 0 Å². The lowest BCUT2D eigenvalue weighted by atomic mass is 10.1. The number of benzene rings is 2. The zero-order valence-electron chi connectivity index (χ0n) is 14.5. The molecule has 0 bridgehead atoms. The van der Waals surface area contributed by atoms with Gasteiger partial charge in [0.15, 0.2) is 0 Å². The van der Waals surface area contributed by atoms with Gasteiger partial charge in [-0.1, -0.05) is 31.0 Å². The number of rotatable bonds is 7. The Morgan fingerprint density at radius 2 is 2.04 bits per heavy atom. The number of nitrogens with zero attached hydrogens (tertiary/aromatic N) is 1. The second-order valence-corrected chi connectivity index (χ2v) is 6.10. The minimum atomic E-state index is -4.52. The zero-order chi connectivity index (χ0) is 19.9.